The molecule has 0 bridgehead atoms. The van der Waals surface area contributed by atoms with Gasteiger partial charge in [-0.05, 0) is 24.3 Å². The Morgan fingerprint density at radius 2 is 0.844 bits per heavy atom. The van der Waals surface area contributed by atoms with Crippen LogP contribution in [-0.4, -0.2) is 0 Å². The number of hydrogen-bond acceptors (Lipinski definition) is 2. The van der Waals surface area contributed by atoms with E-state index in [1.807, 2.05) is 59.9 Å². The van der Waals surface area contributed by atoms with Gasteiger partial charge in [0.05, 0.1) is 0 Å². The fraction of sp³-hybridized carbons (Fsp3) is 0.0769. The van der Waals surface area contributed by atoms with Gasteiger partial charge in [0.2, 0.25) is 0 Å². The van der Waals surface area contributed by atoms with Crippen molar-refractivity contribution in [3.63, 3.8) is 0 Å². The molecule has 0 aliphatic rings. The van der Waals surface area contributed by atoms with Gasteiger partial charge in [-0.2, -0.15) is 71.8 Å². The smallest absolute Gasteiger partial charge is 0.00745 e. The Morgan fingerprint density at radius 3 is 1.16 bits per heavy atom. The van der Waals surface area contributed by atoms with E-state index in [-0.39, 0.29) is 0 Å². The van der Waals surface area contributed by atoms with Gasteiger partial charge < -0.3 is 0 Å². The van der Waals surface area contributed by atoms with Crippen LogP contribution in [0.2, 0.25) is 0 Å². The molecule has 4 aromatic carbocycles. The van der Waals surface area contributed by atoms with Crippen LogP contribution >= 0.6 is 42.6 Å². The molecule has 0 fully saturated rings. The first-order valence-electron chi connectivity index (χ1n) is 9.41. The average molecular weight is 682 g/mol. The van der Waals surface area contributed by atoms with Crippen LogP contribution < -0.4 is 0 Å². The van der Waals surface area contributed by atoms with Crippen molar-refractivity contribution in [3.8, 4) is 0 Å². The van der Waals surface area contributed by atoms with E-state index in [2.05, 4.69) is 140 Å². The summed E-state index contributed by atoms with van der Waals surface area (Å²) in [6.45, 7) is 0. The topological polar surface area (TPSA) is 0 Å². The molecule has 0 N–H and O–H groups in total. The molecule has 0 aromatic heterocycles. The van der Waals surface area contributed by atoms with E-state index in [1.165, 1.54) is 20.9 Å². The minimum atomic E-state index is 0.991. The Balaban J connectivity index is 0.000000277. The average Bonchev–Trinajstić information content (AvgIpc) is 2.91. The minimum Gasteiger partial charge on any atom is -0.180 e. The summed E-state index contributed by atoms with van der Waals surface area (Å²) in [4.78, 5) is 2.62. The molecule has 172 valence electrons. The van der Waals surface area contributed by atoms with Gasteiger partial charge >= 0.3 is 55.4 Å². The summed E-state index contributed by atoms with van der Waals surface area (Å²) >= 11 is 8.13. The van der Waals surface area contributed by atoms with Gasteiger partial charge in [-0.25, -0.2) is 0 Å². The van der Waals surface area contributed by atoms with E-state index in [4.69, 9.17) is 0 Å². The van der Waals surface area contributed by atoms with Crippen LogP contribution in [0.3, 0.4) is 0 Å². The third kappa shape index (κ3) is 13.9. The number of halogens is 2. The number of thioether (sulfide) groups is 2. The predicted octanol–water partition coefficient (Wildman–Crippen LogP) is 8.93. The third-order valence-electron chi connectivity index (χ3n) is 3.82. The summed E-state index contributed by atoms with van der Waals surface area (Å²) in [5, 5.41) is 0. The van der Waals surface area contributed by atoms with Crippen molar-refractivity contribution < 1.29 is 36.4 Å². The molecule has 0 amide bonds. The van der Waals surface area contributed by atoms with Gasteiger partial charge in [0, 0.05) is 21.3 Å². The molecule has 0 aliphatic heterocycles. The molecule has 4 aromatic rings. The quantitative estimate of drug-likeness (QED) is 0.113. The molecule has 4 rings (SSSR count). The Kier molecular flexibility index (Phi) is 19.4. The Labute approximate surface area is 230 Å². The normalized spacial score (nSPS) is 9.19. The maximum atomic E-state index is 4.49. The molecule has 32 heavy (non-hydrogen) atoms. The molecule has 0 atom stereocenters. The molecule has 0 aliphatic carbocycles. The molecular weight excluding hydrogens is 660 g/mol. The fourth-order valence-electron chi connectivity index (χ4n) is 2.40. The SMILES string of the molecule is [Cl][Pd+].[Cl][Pd+].[c-]1ccccc1CSc1ccccc1.[c-]1ccccc1CSc1ccccc1. The zero-order chi connectivity index (χ0) is 23.3. The van der Waals surface area contributed by atoms with Gasteiger partial charge in [-0.1, -0.05) is 36.4 Å². The van der Waals surface area contributed by atoms with Crippen LogP contribution in [0.1, 0.15) is 11.1 Å². The van der Waals surface area contributed by atoms with Crippen LogP contribution in [0.5, 0.6) is 0 Å². The fourth-order valence-corrected chi connectivity index (χ4v) is 4.10. The van der Waals surface area contributed by atoms with E-state index in [0.29, 0.717) is 0 Å². The van der Waals surface area contributed by atoms with Gasteiger partial charge in [0.25, 0.3) is 0 Å². The molecule has 0 saturated heterocycles. The first-order valence-corrected chi connectivity index (χ1v) is 15.4. The molecular formula is C26H22Cl2Pd2S2. The third-order valence-corrected chi connectivity index (χ3v) is 5.94. The largest absolute Gasteiger partial charge is 0.180 e. The predicted molar refractivity (Wildman–Crippen MR) is 134 cm³/mol. The second kappa shape index (κ2) is 21.0. The van der Waals surface area contributed by atoms with E-state index in [9.17, 15) is 0 Å². The van der Waals surface area contributed by atoms with Gasteiger partial charge in [-0.15, -0.1) is 23.5 Å². The van der Waals surface area contributed by atoms with Gasteiger partial charge in [-0.3, -0.25) is 0 Å². The van der Waals surface area contributed by atoms with Crippen LogP contribution in [0, 0.1) is 12.1 Å². The van der Waals surface area contributed by atoms with Crippen molar-refractivity contribution in [1.82, 2.24) is 0 Å². The van der Waals surface area contributed by atoms with Crippen molar-refractivity contribution >= 4 is 42.6 Å². The van der Waals surface area contributed by atoms with Crippen molar-refractivity contribution in [1.29, 1.82) is 0 Å². The van der Waals surface area contributed by atoms with Crippen molar-refractivity contribution in [2.24, 2.45) is 0 Å². The standard InChI is InChI=1S/2C13H11S.2ClH.2Pd/c2*1-3-7-12(8-4-1)11-14-13-9-5-2-6-10-13;;;;/h2*1-7,9-10H,11H2;2*1H;;/q2*-1;;;2*+2/p-2. The maximum Gasteiger partial charge on any atom is 0.00745 e. The Bertz CT molecular complexity index is 755. The molecule has 6 heteroatoms. The van der Waals surface area contributed by atoms with Crippen LogP contribution in [0.25, 0.3) is 0 Å². The van der Waals surface area contributed by atoms with Crippen LogP contribution in [-0.2, 0) is 47.9 Å². The molecule has 0 radical (unpaired) electrons. The minimum absolute atomic E-state index is 0.991. The van der Waals surface area contributed by atoms with Gasteiger partial charge in [0.1, 0.15) is 0 Å². The van der Waals surface area contributed by atoms with E-state index >= 15 is 0 Å². The number of benzene rings is 4. The first kappa shape index (κ1) is 29.5. The summed E-state index contributed by atoms with van der Waals surface area (Å²) in [7, 11) is 8.98. The van der Waals surface area contributed by atoms with Gasteiger partial charge in [0.15, 0.2) is 0 Å². The van der Waals surface area contributed by atoms with Crippen molar-refractivity contribution in [2.75, 3.05) is 0 Å². The Morgan fingerprint density at radius 1 is 0.500 bits per heavy atom. The van der Waals surface area contributed by atoms with E-state index < -0.39 is 0 Å². The number of rotatable bonds is 6. The second-order valence-corrected chi connectivity index (χ2v) is 8.08. The zero-order valence-corrected chi connectivity index (χ0v) is 23.3. The van der Waals surface area contributed by atoms with Crippen LogP contribution in [0.15, 0.2) is 119 Å². The molecule has 0 spiro atoms. The molecule has 0 nitrogen and oxygen atoms in total. The zero-order valence-electron chi connectivity index (χ0n) is 17.0. The molecule has 0 saturated carbocycles. The van der Waals surface area contributed by atoms with E-state index in [0.717, 1.165) is 11.5 Å². The molecule has 0 unspecified atom stereocenters. The summed E-state index contributed by atoms with van der Waals surface area (Å²) in [6, 6.07) is 43.5. The molecule has 0 heterocycles. The van der Waals surface area contributed by atoms with E-state index in [1.54, 1.807) is 0 Å². The monoisotopic (exact) mass is 680 g/mol. The second-order valence-electron chi connectivity index (χ2n) is 5.98. The summed E-state index contributed by atoms with van der Waals surface area (Å²) < 4.78 is 0. The first-order chi connectivity index (χ1) is 15.9. The summed E-state index contributed by atoms with van der Waals surface area (Å²) in [5.74, 6) is 1.98. The van der Waals surface area contributed by atoms with Crippen molar-refractivity contribution in [3.05, 3.63) is 132 Å². The van der Waals surface area contributed by atoms with Crippen molar-refractivity contribution in [2.45, 2.75) is 21.3 Å². The Hall–Kier alpha value is -0.515. The summed E-state index contributed by atoms with van der Waals surface area (Å²) in [5.41, 5.74) is 2.50. The van der Waals surface area contributed by atoms with Crippen LogP contribution in [0.4, 0.5) is 0 Å². The summed E-state index contributed by atoms with van der Waals surface area (Å²) in [6.07, 6.45) is 0. The maximum absolute atomic E-state index is 4.49. The number of hydrogen-bond donors (Lipinski definition) is 0.